The Morgan fingerprint density at radius 3 is 2.71 bits per heavy atom. The number of hydrogen-bond acceptors (Lipinski definition) is 4. The van der Waals surface area contributed by atoms with Gasteiger partial charge in [0.05, 0.1) is 12.9 Å². The highest BCUT2D eigenvalue weighted by Gasteiger charge is 2.26. The maximum absolute atomic E-state index is 12.7. The number of nitrogens with one attached hydrogen (secondary N) is 1. The summed E-state index contributed by atoms with van der Waals surface area (Å²) in [5.41, 5.74) is 3.67. The number of amides is 1. The molecule has 1 heterocycles. The van der Waals surface area contributed by atoms with Crippen LogP contribution in [0.3, 0.4) is 0 Å². The van der Waals surface area contributed by atoms with E-state index in [-0.39, 0.29) is 11.7 Å². The van der Waals surface area contributed by atoms with E-state index in [1.54, 1.807) is 13.2 Å². The van der Waals surface area contributed by atoms with Gasteiger partial charge < -0.3 is 10.1 Å². The van der Waals surface area contributed by atoms with Gasteiger partial charge in [-0.15, -0.1) is 0 Å². The minimum Gasteiger partial charge on any atom is -0.497 e. The largest absolute Gasteiger partial charge is 0.497 e. The highest BCUT2D eigenvalue weighted by Crippen LogP contribution is 2.25. The zero-order valence-corrected chi connectivity index (χ0v) is 17.1. The van der Waals surface area contributed by atoms with Crippen molar-refractivity contribution >= 4 is 15.9 Å². The Morgan fingerprint density at radius 2 is 1.96 bits per heavy atom. The molecule has 7 heteroatoms. The van der Waals surface area contributed by atoms with Crippen LogP contribution < -0.4 is 10.1 Å². The second-order valence-electron chi connectivity index (χ2n) is 6.96. The van der Waals surface area contributed by atoms with Crippen LogP contribution in [0.1, 0.15) is 33.5 Å². The van der Waals surface area contributed by atoms with Gasteiger partial charge in [-0.3, -0.25) is 4.79 Å². The van der Waals surface area contributed by atoms with Crippen molar-refractivity contribution in [3.05, 3.63) is 64.7 Å². The number of fused-ring (bicyclic) bond motifs is 1. The number of hydrogen-bond donors (Lipinski definition) is 1. The van der Waals surface area contributed by atoms with Crippen molar-refractivity contribution in [3.63, 3.8) is 0 Å². The van der Waals surface area contributed by atoms with Crippen LogP contribution in [0.2, 0.25) is 0 Å². The normalized spacial score (nSPS) is 14.4. The van der Waals surface area contributed by atoms with Crippen LogP contribution in [0.25, 0.3) is 0 Å². The van der Waals surface area contributed by atoms with Crippen molar-refractivity contribution in [2.24, 2.45) is 0 Å². The van der Waals surface area contributed by atoms with Crippen molar-refractivity contribution in [1.82, 2.24) is 9.62 Å². The summed E-state index contributed by atoms with van der Waals surface area (Å²) in [7, 11) is -1.74. The molecule has 0 bridgehead atoms. The molecule has 1 amide bonds. The Morgan fingerprint density at radius 1 is 1.18 bits per heavy atom. The van der Waals surface area contributed by atoms with E-state index in [4.69, 9.17) is 4.74 Å². The minimum absolute atomic E-state index is 0.0204. The van der Waals surface area contributed by atoms with Gasteiger partial charge in [-0.2, -0.15) is 4.31 Å². The zero-order chi connectivity index (χ0) is 20.1. The molecule has 1 N–H and O–H groups in total. The van der Waals surface area contributed by atoms with Crippen LogP contribution in [0.4, 0.5) is 0 Å². The third kappa shape index (κ3) is 4.72. The summed E-state index contributed by atoms with van der Waals surface area (Å²) < 4.78 is 32.1. The van der Waals surface area contributed by atoms with Crippen LogP contribution in [-0.2, 0) is 23.0 Å². The minimum atomic E-state index is -3.36. The maximum atomic E-state index is 12.7. The lowest BCUT2D eigenvalue weighted by Gasteiger charge is -2.28. The van der Waals surface area contributed by atoms with Gasteiger partial charge in [-0.1, -0.05) is 24.3 Å². The molecule has 2 aromatic carbocycles. The van der Waals surface area contributed by atoms with E-state index in [1.807, 2.05) is 43.3 Å². The highest BCUT2D eigenvalue weighted by atomic mass is 32.2. The fourth-order valence-corrected chi connectivity index (χ4v) is 4.85. The van der Waals surface area contributed by atoms with Gasteiger partial charge in [-0.05, 0) is 54.7 Å². The molecule has 0 saturated carbocycles. The summed E-state index contributed by atoms with van der Waals surface area (Å²) in [6, 6.07) is 13.1. The molecule has 0 aliphatic carbocycles. The Bertz CT molecular complexity index is 957. The molecule has 0 radical (unpaired) electrons. The molecule has 0 saturated heterocycles. The van der Waals surface area contributed by atoms with E-state index in [1.165, 1.54) is 4.31 Å². The quantitative estimate of drug-likeness (QED) is 0.722. The summed E-state index contributed by atoms with van der Waals surface area (Å²) in [4.78, 5) is 12.2. The summed E-state index contributed by atoms with van der Waals surface area (Å²) in [5, 5.41) is 2.81. The molecule has 1 aliphatic heterocycles. The van der Waals surface area contributed by atoms with Crippen LogP contribution >= 0.6 is 0 Å². The molecule has 28 heavy (non-hydrogen) atoms. The Hall–Kier alpha value is -2.38. The molecule has 150 valence electrons. The lowest BCUT2D eigenvalue weighted by atomic mass is 10.0. The molecule has 1 aliphatic rings. The lowest BCUT2D eigenvalue weighted by Crippen LogP contribution is -2.38. The van der Waals surface area contributed by atoms with E-state index in [0.717, 1.165) is 22.4 Å². The van der Waals surface area contributed by atoms with E-state index >= 15 is 0 Å². The monoisotopic (exact) mass is 402 g/mol. The number of nitrogens with zero attached hydrogens (tertiary/aromatic N) is 1. The third-order valence-electron chi connectivity index (χ3n) is 5.04. The van der Waals surface area contributed by atoms with E-state index in [9.17, 15) is 13.2 Å². The number of rotatable bonds is 7. The van der Waals surface area contributed by atoms with Gasteiger partial charge in [-0.25, -0.2) is 8.42 Å². The molecule has 6 nitrogen and oxygen atoms in total. The van der Waals surface area contributed by atoms with Crippen LogP contribution in [0.15, 0.2) is 42.5 Å². The fourth-order valence-electron chi connectivity index (χ4n) is 3.38. The second-order valence-corrected chi connectivity index (χ2v) is 9.05. The molecule has 0 fully saturated rings. The third-order valence-corrected chi connectivity index (χ3v) is 6.94. The van der Waals surface area contributed by atoms with Gasteiger partial charge >= 0.3 is 0 Å². The van der Waals surface area contributed by atoms with Crippen LogP contribution in [0, 0.1) is 6.92 Å². The van der Waals surface area contributed by atoms with Gasteiger partial charge in [0.15, 0.2) is 0 Å². The Balaban J connectivity index is 1.52. The summed E-state index contributed by atoms with van der Waals surface area (Å²) >= 11 is 0. The highest BCUT2D eigenvalue weighted by molar-refractivity contribution is 7.89. The topological polar surface area (TPSA) is 75.7 Å². The van der Waals surface area contributed by atoms with Crippen molar-refractivity contribution in [3.8, 4) is 5.75 Å². The van der Waals surface area contributed by atoms with Gasteiger partial charge in [0.1, 0.15) is 5.75 Å². The molecular weight excluding hydrogens is 376 g/mol. The molecular formula is C21H26N2O4S. The SMILES string of the molecule is COc1ccc2c(c1)CCN(S(=O)(=O)CCCNC(=O)c1ccccc1C)C2. The number of aryl methyl sites for hydroxylation is 1. The zero-order valence-electron chi connectivity index (χ0n) is 16.3. The number of methoxy groups -OCH3 is 1. The number of carbonyl (C=O) groups excluding carboxylic acids is 1. The first kappa shape index (κ1) is 20.4. The Labute approximate surface area is 166 Å². The summed E-state index contributed by atoms with van der Waals surface area (Å²) in [5.74, 6) is 0.641. The first-order valence-electron chi connectivity index (χ1n) is 9.38. The second kappa shape index (κ2) is 8.75. The van der Waals surface area contributed by atoms with E-state index in [0.29, 0.717) is 38.0 Å². The van der Waals surface area contributed by atoms with Crippen molar-refractivity contribution in [2.45, 2.75) is 26.3 Å². The lowest BCUT2D eigenvalue weighted by molar-refractivity contribution is 0.0953. The first-order valence-corrected chi connectivity index (χ1v) is 11.0. The maximum Gasteiger partial charge on any atom is 0.251 e. The predicted octanol–water partition coefficient (Wildman–Crippen LogP) is 2.51. The number of sulfonamides is 1. The smallest absolute Gasteiger partial charge is 0.251 e. The van der Waals surface area contributed by atoms with Crippen LogP contribution in [0.5, 0.6) is 5.75 Å². The predicted molar refractivity (Wildman–Crippen MR) is 109 cm³/mol. The molecule has 2 aromatic rings. The number of ether oxygens (including phenoxy) is 1. The Kier molecular flexibility index (Phi) is 6.36. The standard InChI is InChI=1S/C21H26N2O4S/c1-16-6-3-4-7-20(16)21(24)22-11-5-13-28(25,26)23-12-10-17-14-19(27-2)9-8-18(17)15-23/h3-4,6-9,14H,5,10-13,15H2,1-2H3,(H,22,24). The molecule has 0 aromatic heterocycles. The van der Waals surface area contributed by atoms with Crippen molar-refractivity contribution in [2.75, 3.05) is 26.0 Å². The van der Waals surface area contributed by atoms with E-state index in [2.05, 4.69) is 5.32 Å². The molecule has 0 atom stereocenters. The van der Waals surface area contributed by atoms with Crippen molar-refractivity contribution in [1.29, 1.82) is 0 Å². The molecule has 0 spiro atoms. The van der Waals surface area contributed by atoms with Gasteiger partial charge in [0, 0.05) is 25.2 Å². The summed E-state index contributed by atoms with van der Waals surface area (Å²) in [6.45, 7) is 3.06. The first-order chi connectivity index (χ1) is 13.4. The average Bonchev–Trinajstić information content (AvgIpc) is 2.70. The van der Waals surface area contributed by atoms with Crippen LogP contribution in [-0.4, -0.2) is 44.6 Å². The molecule has 3 rings (SSSR count). The summed E-state index contributed by atoms with van der Waals surface area (Å²) in [6.07, 6.45) is 1.06. The van der Waals surface area contributed by atoms with Gasteiger partial charge in [0.2, 0.25) is 10.0 Å². The number of benzene rings is 2. The fraction of sp³-hybridized carbons (Fsp3) is 0.381. The number of carbonyl (C=O) groups is 1. The van der Waals surface area contributed by atoms with Crippen molar-refractivity contribution < 1.29 is 17.9 Å². The molecule has 0 unspecified atom stereocenters. The van der Waals surface area contributed by atoms with E-state index < -0.39 is 10.0 Å². The average molecular weight is 403 g/mol. The van der Waals surface area contributed by atoms with Gasteiger partial charge in [0.25, 0.3) is 5.91 Å².